The number of fused-ring (bicyclic) bond motifs is 1. The molecule has 3 aliphatic rings. The molecule has 2 atom stereocenters. The minimum atomic E-state index is -0.408. The van der Waals surface area contributed by atoms with Crippen LogP contribution in [0.1, 0.15) is 48.9 Å². The van der Waals surface area contributed by atoms with Crippen molar-refractivity contribution in [1.82, 2.24) is 10.2 Å². The Hall–Kier alpha value is -2.58. The number of benzene rings is 1. The lowest BCUT2D eigenvalue weighted by molar-refractivity contribution is -0.136. The molecule has 8 heteroatoms. The number of allylic oxidation sites excluding steroid dienone is 1. The number of nitrogens with zero attached hydrogens (tertiary/aromatic N) is 2. The number of aryl methyl sites for hydroxylation is 2. The summed E-state index contributed by atoms with van der Waals surface area (Å²) in [7, 11) is 1.38. The van der Waals surface area contributed by atoms with Gasteiger partial charge in [0.2, 0.25) is 5.91 Å². The summed E-state index contributed by atoms with van der Waals surface area (Å²) in [5, 5.41) is 5.71. The standard InChI is InChI=1S/C24H29N3O4S/c1-14-7-8-19(15(2)10-14)22-21(23(29)30-4)16(3)26-24-27(22)17(13-32-24)11-20(28)25-12-18-6-5-9-31-18/h7-8,10,13,18,22H,5-6,9,11-12H2,1-4H3,(H,25,28)/t18-,22+/m1/s1. The van der Waals surface area contributed by atoms with Gasteiger partial charge in [-0.05, 0) is 50.1 Å². The highest BCUT2D eigenvalue weighted by Crippen LogP contribution is 2.45. The number of carbonyl (C=O) groups is 2. The van der Waals surface area contributed by atoms with Crippen LogP contribution in [0.5, 0.6) is 0 Å². The molecular formula is C24H29N3O4S. The quantitative estimate of drug-likeness (QED) is 0.659. The van der Waals surface area contributed by atoms with Crippen LogP contribution >= 0.6 is 11.8 Å². The fourth-order valence-electron chi connectivity index (χ4n) is 4.43. The van der Waals surface area contributed by atoms with Gasteiger partial charge in [0.15, 0.2) is 5.17 Å². The summed E-state index contributed by atoms with van der Waals surface area (Å²) < 4.78 is 10.7. The number of nitrogens with one attached hydrogen (secondary N) is 1. The van der Waals surface area contributed by atoms with E-state index < -0.39 is 12.0 Å². The van der Waals surface area contributed by atoms with Crippen LogP contribution in [-0.2, 0) is 19.1 Å². The van der Waals surface area contributed by atoms with Gasteiger partial charge in [-0.1, -0.05) is 35.5 Å². The average Bonchev–Trinajstić information content (AvgIpc) is 3.41. The molecule has 1 amide bonds. The zero-order valence-electron chi connectivity index (χ0n) is 18.9. The Labute approximate surface area is 192 Å². The van der Waals surface area contributed by atoms with Gasteiger partial charge >= 0.3 is 5.97 Å². The molecule has 1 aromatic rings. The van der Waals surface area contributed by atoms with Gasteiger partial charge in [-0.2, -0.15) is 0 Å². The molecule has 170 valence electrons. The second kappa shape index (κ2) is 9.50. The first-order chi connectivity index (χ1) is 15.4. The molecule has 0 saturated carbocycles. The summed E-state index contributed by atoms with van der Waals surface area (Å²) >= 11 is 1.48. The normalized spacial score (nSPS) is 22.4. The number of aliphatic imine (C=N–C) groups is 1. The van der Waals surface area contributed by atoms with Crippen LogP contribution in [0.25, 0.3) is 0 Å². The number of amidine groups is 1. The molecular weight excluding hydrogens is 426 g/mol. The molecule has 32 heavy (non-hydrogen) atoms. The predicted octanol–water partition coefficient (Wildman–Crippen LogP) is 3.74. The predicted molar refractivity (Wildman–Crippen MR) is 125 cm³/mol. The maximum absolute atomic E-state index is 12.8. The van der Waals surface area contributed by atoms with E-state index in [2.05, 4.69) is 16.4 Å². The van der Waals surface area contributed by atoms with Crippen molar-refractivity contribution in [2.45, 2.75) is 52.2 Å². The van der Waals surface area contributed by atoms with Gasteiger partial charge in [0.1, 0.15) is 0 Å². The van der Waals surface area contributed by atoms with E-state index in [9.17, 15) is 9.59 Å². The SMILES string of the molecule is COC(=O)C1=C(C)N=C2SC=C(CC(=O)NC[C@H]3CCCO3)N2[C@H]1c1ccc(C)cc1C. The first-order valence-electron chi connectivity index (χ1n) is 10.9. The molecule has 0 bridgehead atoms. The lowest BCUT2D eigenvalue weighted by Gasteiger charge is -2.37. The number of amides is 1. The number of esters is 1. The number of hydrogen-bond donors (Lipinski definition) is 1. The summed E-state index contributed by atoms with van der Waals surface area (Å²) in [6.45, 7) is 7.20. The molecule has 7 nitrogen and oxygen atoms in total. The van der Waals surface area contributed by atoms with Gasteiger partial charge < -0.3 is 19.7 Å². The van der Waals surface area contributed by atoms with Crippen LogP contribution in [0, 0.1) is 13.8 Å². The summed E-state index contributed by atoms with van der Waals surface area (Å²) in [4.78, 5) is 32.2. The molecule has 0 unspecified atom stereocenters. The van der Waals surface area contributed by atoms with Gasteiger partial charge in [0, 0.05) is 18.8 Å². The smallest absolute Gasteiger partial charge is 0.338 e. The van der Waals surface area contributed by atoms with Crippen molar-refractivity contribution >= 4 is 28.8 Å². The fraction of sp³-hybridized carbons (Fsp3) is 0.458. The Kier molecular flexibility index (Phi) is 6.71. The summed E-state index contributed by atoms with van der Waals surface area (Å²) in [5.41, 5.74) is 5.17. The molecule has 1 fully saturated rings. The van der Waals surface area contributed by atoms with Gasteiger partial charge in [-0.25, -0.2) is 9.79 Å². The van der Waals surface area contributed by atoms with Crippen molar-refractivity contribution in [2.24, 2.45) is 4.99 Å². The van der Waals surface area contributed by atoms with Gasteiger partial charge in [-0.3, -0.25) is 4.79 Å². The van der Waals surface area contributed by atoms with Gasteiger partial charge in [-0.15, -0.1) is 0 Å². The van der Waals surface area contributed by atoms with E-state index in [4.69, 9.17) is 9.47 Å². The largest absolute Gasteiger partial charge is 0.466 e. The van der Waals surface area contributed by atoms with E-state index in [0.717, 1.165) is 47.0 Å². The molecule has 0 aromatic heterocycles. The van der Waals surface area contributed by atoms with Gasteiger partial charge in [0.25, 0.3) is 0 Å². The summed E-state index contributed by atoms with van der Waals surface area (Å²) in [6, 6.07) is 5.79. The number of ether oxygens (including phenoxy) is 2. The number of carbonyl (C=O) groups excluding carboxylic acids is 2. The van der Waals surface area contributed by atoms with E-state index in [-0.39, 0.29) is 18.4 Å². The van der Waals surface area contributed by atoms with Crippen molar-refractivity contribution in [3.8, 4) is 0 Å². The highest BCUT2D eigenvalue weighted by atomic mass is 32.2. The Morgan fingerprint density at radius 3 is 2.81 bits per heavy atom. The zero-order valence-corrected chi connectivity index (χ0v) is 19.8. The fourth-order valence-corrected chi connectivity index (χ4v) is 5.39. The van der Waals surface area contributed by atoms with E-state index in [0.29, 0.717) is 17.8 Å². The third-order valence-corrected chi connectivity index (χ3v) is 6.91. The number of hydrogen-bond acceptors (Lipinski definition) is 7. The molecule has 1 saturated heterocycles. The van der Waals surface area contributed by atoms with E-state index >= 15 is 0 Å². The second-order valence-corrected chi connectivity index (χ2v) is 9.20. The van der Waals surface area contributed by atoms with E-state index in [1.807, 2.05) is 43.2 Å². The van der Waals surface area contributed by atoms with Crippen LogP contribution in [0.2, 0.25) is 0 Å². The topological polar surface area (TPSA) is 80.2 Å². The third kappa shape index (κ3) is 4.47. The summed E-state index contributed by atoms with van der Waals surface area (Å²) in [5.74, 6) is -0.478. The highest BCUT2D eigenvalue weighted by molar-refractivity contribution is 8.16. The highest BCUT2D eigenvalue weighted by Gasteiger charge is 2.41. The molecule has 1 N–H and O–H groups in total. The Balaban J connectivity index is 1.63. The number of methoxy groups -OCH3 is 1. The molecule has 3 heterocycles. The third-order valence-electron chi connectivity index (χ3n) is 6.02. The van der Waals surface area contributed by atoms with Crippen molar-refractivity contribution in [1.29, 1.82) is 0 Å². The number of rotatable bonds is 6. The zero-order chi connectivity index (χ0) is 22.8. The summed E-state index contributed by atoms with van der Waals surface area (Å²) in [6.07, 6.45) is 2.31. The van der Waals surface area contributed by atoms with Crippen molar-refractivity contribution < 1.29 is 19.1 Å². The second-order valence-electron chi connectivity index (χ2n) is 8.36. The monoisotopic (exact) mass is 455 g/mol. The lowest BCUT2D eigenvalue weighted by atomic mass is 9.90. The maximum atomic E-state index is 12.8. The number of thioether (sulfide) groups is 1. The average molecular weight is 456 g/mol. The Morgan fingerprint density at radius 2 is 2.12 bits per heavy atom. The van der Waals surface area contributed by atoms with Crippen LogP contribution in [-0.4, -0.2) is 48.3 Å². The molecule has 3 aliphatic heterocycles. The van der Waals surface area contributed by atoms with Crippen molar-refractivity contribution in [2.75, 3.05) is 20.3 Å². The van der Waals surface area contributed by atoms with Crippen LogP contribution in [0.15, 0.2) is 45.6 Å². The van der Waals surface area contributed by atoms with Crippen LogP contribution in [0.4, 0.5) is 0 Å². The maximum Gasteiger partial charge on any atom is 0.338 e. The van der Waals surface area contributed by atoms with Crippen LogP contribution in [0.3, 0.4) is 0 Å². The van der Waals surface area contributed by atoms with Crippen molar-refractivity contribution in [3.63, 3.8) is 0 Å². The molecule has 0 aliphatic carbocycles. The molecule has 0 radical (unpaired) electrons. The first-order valence-corrected chi connectivity index (χ1v) is 11.7. The minimum Gasteiger partial charge on any atom is -0.466 e. The van der Waals surface area contributed by atoms with E-state index in [1.165, 1.54) is 18.9 Å². The lowest BCUT2D eigenvalue weighted by Crippen LogP contribution is -2.39. The Bertz CT molecular complexity index is 1020. The molecule has 0 spiro atoms. The minimum absolute atomic E-state index is 0.0705. The Morgan fingerprint density at radius 1 is 1.31 bits per heavy atom. The molecule has 4 rings (SSSR count). The first kappa shape index (κ1) is 22.6. The van der Waals surface area contributed by atoms with Gasteiger partial charge in [0.05, 0.1) is 36.9 Å². The molecule has 1 aromatic carbocycles. The van der Waals surface area contributed by atoms with Crippen molar-refractivity contribution in [3.05, 3.63) is 57.3 Å². The van der Waals surface area contributed by atoms with Crippen LogP contribution < -0.4 is 5.32 Å². The van der Waals surface area contributed by atoms with E-state index in [1.54, 1.807) is 0 Å².